The first-order valence-corrected chi connectivity index (χ1v) is 10.1. The SMILES string of the molecule is Cc1noc(C)c1CC(=O)Nc1ccc(S(=O)(=O)/N=C2/CCCN2C)cc1. The predicted octanol–water partition coefficient (Wildman–Crippen LogP) is 2.29. The van der Waals surface area contributed by atoms with E-state index in [4.69, 9.17) is 4.52 Å². The molecule has 0 unspecified atom stereocenters. The van der Waals surface area contributed by atoms with Crippen molar-refractivity contribution in [3.05, 3.63) is 41.3 Å². The van der Waals surface area contributed by atoms with Crippen molar-refractivity contribution >= 4 is 27.5 Å². The lowest BCUT2D eigenvalue weighted by Gasteiger charge is -2.11. The van der Waals surface area contributed by atoms with E-state index in [1.165, 1.54) is 12.1 Å². The second-order valence-electron chi connectivity index (χ2n) is 6.56. The summed E-state index contributed by atoms with van der Waals surface area (Å²) in [6, 6.07) is 5.99. The van der Waals surface area contributed by atoms with Gasteiger partial charge in [-0.05, 0) is 44.5 Å². The van der Waals surface area contributed by atoms with E-state index in [2.05, 4.69) is 14.9 Å². The summed E-state index contributed by atoms with van der Waals surface area (Å²) >= 11 is 0. The topological polar surface area (TPSA) is 105 Å². The molecule has 1 aliphatic heterocycles. The Labute approximate surface area is 158 Å². The number of aryl methyl sites for hydroxylation is 2. The van der Waals surface area contributed by atoms with Crippen LogP contribution < -0.4 is 5.32 Å². The van der Waals surface area contributed by atoms with Crippen molar-refractivity contribution in [2.24, 2.45) is 4.40 Å². The van der Waals surface area contributed by atoms with Gasteiger partial charge in [-0.25, -0.2) is 0 Å². The Morgan fingerprint density at radius 1 is 1.30 bits per heavy atom. The first-order chi connectivity index (χ1) is 12.8. The van der Waals surface area contributed by atoms with E-state index in [0.717, 1.165) is 18.5 Å². The average Bonchev–Trinajstić information content (AvgIpc) is 3.15. The summed E-state index contributed by atoms with van der Waals surface area (Å²) in [5.41, 5.74) is 1.94. The van der Waals surface area contributed by atoms with Gasteiger partial charge in [0.15, 0.2) is 0 Å². The van der Waals surface area contributed by atoms with E-state index < -0.39 is 10.0 Å². The number of benzene rings is 1. The van der Waals surface area contributed by atoms with Crippen LogP contribution in [0.3, 0.4) is 0 Å². The molecular weight excluding hydrogens is 368 g/mol. The van der Waals surface area contributed by atoms with Crippen LogP contribution in [0.25, 0.3) is 0 Å². The Morgan fingerprint density at radius 2 is 2.00 bits per heavy atom. The van der Waals surface area contributed by atoms with Crippen molar-refractivity contribution in [1.29, 1.82) is 0 Å². The monoisotopic (exact) mass is 390 g/mol. The van der Waals surface area contributed by atoms with Crippen molar-refractivity contribution in [2.45, 2.75) is 38.0 Å². The Hall–Kier alpha value is -2.68. The second kappa shape index (κ2) is 7.51. The third-order valence-electron chi connectivity index (χ3n) is 4.51. The summed E-state index contributed by atoms with van der Waals surface area (Å²) < 4.78 is 33.8. The molecule has 27 heavy (non-hydrogen) atoms. The summed E-state index contributed by atoms with van der Waals surface area (Å²) in [4.78, 5) is 14.2. The number of carbonyl (C=O) groups excluding carboxylic acids is 1. The third kappa shape index (κ3) is 4.36. The van der Waals surface area contributed by atoms with Crippen LogP contribution in [0.5, 0.6) is 0 Å². The number of carbonyl (C=O) groups is 1. The highest BCUT2D eigenvalue weighted by atomic mass is 32.2. The van der Waals surface area contributed by atoms with Crippen molar-refractivity contribution in [3.63, 3.8) is 0 Å². The highest BCUT2D eigenvalue weighted by Gasteiger charge is 2.20. The molecular formula is C18H22N4O4S. The molecule has 1 N–H and O–H groups in total. The van der Waals surface area contributed by atoms with Gasteiger partial charge >= 0.3 is 0 Å². The number of hydrogen-bond donors (Lipinski definition) is 1. The molecule has 1 amide bonds. The van der Waals surface area contributed by atoms with Gasteiger partial charge in [0.2, 0.25) is 5.91 Å². The van der Waals surface area contributed by atoms with Gasteiger partial charge in [0.1, 0.15) is 11.6 Å². The maximum absolute atomic E-state index is 12.4. The molecule has 1 aromatic carbocycles. The van der Waals surface area contributed by atoms with E-state index in [1.807, 2.05) is 11.9 Å². The number of sulfonamides is 1. The van der Waals surface area contributed by atoms with Gasteiger partial charge in [-0.1, -0.05) is 5.16 Å². The number of nitrogens with zero attached hydrogens (tertiary/aromatic N) is 3. The first kappa shape index (κ1) is 19.1. The van der Waals surface area contributed by atoms with Crippen LogP contribution in [0.4, 0.5) is 5.69 Å². The van der Waals surface area contributed by atoms with Gasteiger partial charge in [-0.15, -0.1) is 4.40 Å². The minimum Gasteiger partial charge on any atom is -0.362 e. The predicted molar refractivity (Wildman–Crippen MR) is 101 cm³/mol. The molecule has 1 saturated heterocycles. The van der Waals surface area contributed by atoms with E-state index in [1.54, 1.807) is 26.0 Å². The highest BCUT2D eigenvalue weighted by Crippen LogP contribution is 2.20. The summed E-state index contributed by atoms with van der Waals surface area (Å²) in [7, 11) is -1.93. The molecule has 1 aliphatic rings. The van der Waals surface area contributed by atoms with Crippen LogP contribution in [0.1, 0.15) is 29.9 Å². The molecule has 1 aromatic heterocycles. The van der Waals surface area contributed by atoms with E-state index in [9.17, 15) is 13.2 Å². The fraction of sp³-hybridized carbons (Fsp3) is 0.389. The summed E-state index contributed by atoms with van der Waals surface area (Å²) in [6.45, 7) is 4.35. The Balaban J connectivity index is 1.69. The zero-order valence-corrected chi connectivity index (χ0v) is 16.3. The summed E-state index contributed by atoms with van der Waals surface area (Å²) in [5, 5.41) is 6.57. The largest absolute Gasteiger partial charge is 0.362 e. The number of aromatic nitrogens is 1. The van der Waals surface area contributed by atoms with Crippen molar-refractivity contribution in [1.82, 2.24) is 10.1 Å². The van der Waals surface area contributed by atoms with Crippen molar-refractivity contribution in [2.75, 3.05) is 18.9 Å². The minimum absolute atomic E-state index is 0.0963. The Morgan fingerprint density at radius 3 is 2.56 bits per heavy atom. The number of nitrogens with one attached hydrogen (secondary N) is 1. The quantitative estimate of drug-likeness (QED) is 0.840. The van der Waals surface area contributed by atoms with Gasteiger partial charge in [-0.3, -0.25) is 4.79 Å². The van der Waals surface area contributed by atoms with E-state index in [-0.39, 0.29) is 17.2 Å². The molecule has 2 aromatic rings. The molecule has 9 heteroatoms. The molecule has 144 valence electrons. The normalized spacial score (nSPS) is 16.1. The third-order valence-corrected chi connectivity index (χ3v) is 5.83. The number of amides is 1. The standard InChI is InChI=1S/C18H22N4O4S/c1-12-16(13(2)26-20-12)11-18(23)19-14-6-8-15(9-7-14)27(24,25)21-17-5-4-10-22(17)3/h6-9H,4-5,10-11H2,1-3H3,(H,19,23)/b21-17-. The van der Waals surface area contributed by atoms with Crippen LogP contribution in [0, 0.1) is 13.8 Å². The molecule has 1 fully saturated rings. The Kier molecular flexibility index (Phi) is 5.31. The number of rotatable bonds is 5. The van der Waals surface area contributed by atoms with Crippen LogP contribution >= 0.6 is 0 Å². The zero-order valence-electron chi connectivity index (χ0n) is 15.5. The van der Waals surface area contributed by atoms with Crippen molar-refractivity contribution < 1.29 is 17.7 Å². The number of anilines is 1. The zero-order chi connectivity index (χ0) is 19.6. The molecule has 0 bridgehead atoms. The fourth-order valence-electron chi connectivity index (χ4n) is 2.93. The van der Waals surface area contributed by atoms with Gasteiger partial charge in [0.05, 0.1) is 17.0 Å². The van der Waals surface area contributed by atoms with Crippen LogP contribution in [-0.4, -0.2) is 43.8 Å². The van der Waals surface area contributed by atoms with E-state index in [0.29, 0.717) is 29.4 Å². The summed E-state index contributed by atoms with van der Waals surface area (Å²) in [6.07, 6.45) is 1.70. The smallest absolute Gasteiger partial charge is 0.283 e. The van der Waals surface area contributed by atoms with Crippen molar-refractivity contribution in [3.8, 4) is 0 Å². The fourth-order valence-corrected chi connectivity index (χ4v) is 4.02. The lowest BCUT2D eigenvalue weighted by atomic mass is 10.1. The van der Waals surface area contributed by atoms with Crippen LogP contribution in [0.2, 0.25) is 0 Å². The maximum Gasteiger partial charge on any atom is 0.283 e. The number of hydrogen-bond acceptors (Lipinski definition) is 5. The maximum atomic E-state index is 12.4. The lowest BCUT2D eigenvalue weighted by Crippen LogP contribution is -2.20. The molecule has 0 spiro atoms. The van der Waals surface area contributed by atoms with E-state index >= 15 is 0 Å². The average molecular weight is 390 g/mol. The summed E-state index contributed by atoms with van der Waals surface area (Å²) in [5.74, 6) is 0.958. The molecule has 3 rings (SSSR count). The van der Waals surface area contributed by atoms with Gasteiger partial charge in [-0.2, -0.15) is 8.42 Å². The first-order valence-electron chi connectivity index (χ1n) is 8.63. The Bertz CT molecular complexity index is 958. The highest BCUT2D eigenvalue weighted by molar-refractivity contribution is 7.90. The van der Waals surface area contributed by atoms with Crippen LogP contribution in [0.15, 0.2) is 38.1 Å². The number of amidine groups is 1. The molecule has 0 radical (unpaired) electrons. The number of likely N-dealkylation sites (tertiary alicyclic amines) is 1. The van der Waals surface area contributed by atoms with Gasteiger partial charge < -0.3 is 14.7 Å². The lowest BCUT2D eigenvalue weighted by molar-refractivity contribution is -0.115. The molecule has 0 atom stereocenters. The minimum atomic E-state index is -3.76. The van der Waals surface area contributed by atoms with Crippen LogP contribution in [-0.2, 0) is 21.2 Å². The molecule has 2 heterocycles. The molecule has 0 saturated carbocycles. The molecule has 8 nitrogen and oxygen atoms in total. The van der Waals surface area contributed by atoms with Gasteiger partial charge in [0.25, 0.3) is 10.0 Å². The van der Waals surface area contributed by atoms with Gasteiger partial charge in [0, 0.05) is 31.3 Å². The molecule has 0 aliphatic carbocycles. The second-order valence-corrected chi connectivity index (χ2v) is 8.16.